The van der Waals surface area contributed by atoms with Gasteiger partial charge in [0.25, 0.3) is 0 Å². The molecule has 0 aliphatic rings. The Bertz CT molecular complexity index is 409. The highest BCUT2D eigenvalue weighted by Crippen LogP contribution is 1.98. The van der Waals surface area contributed by atoms with Crippen molar-refractivity contribution in [3.8, 4) is 0 Å². The molecule has 26 heavy (non-hydrogen) atoms. The first-order valence-corrected chi connectivity index (χ1v) is 8.43. The van der Waals surface area contributed by atoms with Gasteiger partial charge in [0.1, 0.15) is 6.04 Å². The molecule has 0 saturated carbocycles. The maximum absolute atomic E-state index is 12.0. The lowest BCUT2D eigenvalue weighted by atomic mass is 10.1. The summed E-state index contributed by atoms with van der Waals surface area (Å²) in [7, 11) is 0. The van der Waals surface area contributed by atoms with Gasteiger partial charge < -0.3 is 41.4 Å². The predicted octanol–water partition coefficient (Wildman–Crippen LogP) is -2.58. The number of amides is 2. The minimum Gasteiger partial charge on any atom is -0.481 e. The Morgan fingerprint density at radius 2 is 1.50 bits per heavy atom. The van der Waals surface area contributed by atoms with Crippen molar-refractivity contribution in [2.45, 2.75) is 18.9 Å². The summed E-state index contributed by atoms with van der Waals surface area (Å²) in [4.78, 5) is 33.9. The van der Waals surface area contributed by atoms with Gasteiger partial charge in [0, 0.05) is 19.5 Å². The molecular formula is C15H30N4O7. The smallest absolute Gasteiger partial charge is 0.303 e. The van der Waals surface area contributed by atoms with Crippen LogP contribution in [0.3, 0.4) is 0 Å². The molecule has 0 spiro atoms. The first kappa shape index (κ1) is 24.2. The second-order valence-electron chi connectivity index (χ2n) is 5.17. The van der Waals surface area contributed by atoms with Crippen molar-refractivity contribution in [3.05, 3.63) is 0 Å². The van der Waals surface area contributed by atoms with Crippen LogP contribution in [0.25, 0.3) is 0 Å². The van der Waals surface area contributed by atoms with Crippen molar-refractivity contribution < 1.29 is 33.7 Å². The van der Waals surface area contributed by atoms with Gasteiger partial charge in [-0.1, -0.05) is 0 Å². The van der Waals surface area contributed by atoms with Gasteiger partial charge in [-0.25, -0.2) is 0 Å². The second-order valence-corrected chi connectivity index (χ2v) is 5.17. The van der Waals surface area contributed by atoms with Crippen LogP contribution in [0.15, 0.2) is 0 Å². The molecule has 11 heteroatoms. The van der Waals surface area contributed by atoms with Crippen molar-refractivity contribution in [1.82, 2.24) is 10.6 Å². The van der Waals surface area contributed by atoms with Crippen molar-refractivity contribution in [2.75, 3.05) is 59.3 Å². The second kappa shape index (κ2) is 16.7. The molecule has 0 rings (SSSR count). The Hall–Kier alpha value is -1.79. The first-order chi connectivity index (χ1) is 12.5. The summed E-state index contributed by atoms with van der Waals surface area (Å²) < 4.78 is 15.7. The molecule has 0 aliphatic heterocycles. The molecule has 0 aromatic rings. The van der Waals surface area contributed by atoms with Crippen molar-refractivity contribution in [3.63, 3.8) is 0 Å². The number of carbonyl (C=O) groups excluding carboxylic acids is 2. The monoisotopic (exact) mass is 378 g/mol. The van der Waals surface area contributed by atoms with Crippen LogP contribution in [0.5, 0.6) is 0 Å². The van der Waals surface area contributed by atoms with Crippen molar-refractivity contribution in [2.24, 2.45) is 11.5 Å². The van der Waals surface area contributed by atoms with Crippen LogP contribution in [-0.2, 0) is 28.6 Å². The summed E-state index contributed by atoms with van der Waals surface area (Å²) in [6, 6.07) is -0.945. The summed E-state index contributed by atoms with van der Waals surface area (Å²) in [5, 5.41) is 13.7. The quantitative estimate of drug-likeness (QED) is 0.170. The molecular weight excluding hydrogens is 348 g/mol. The lowest BCUT2D eigenvalue weighted by molar-refractivity contribution is -0.137. The third kappa shape index (κ3) is 14.5. The van der Waals surface area contributed by atoms with Gasteiger partial charge in [-0.3, -0.25) is 14.4 Å². The SMILES string of the molecule is NCCOCCOCCOCCNC(=O)C(CCC(=O)O)NC(=O)CN. The molecule has 11 nitrogen and oxygen atoms in total. The number of nitrogens with two attached hydrogens (primary N) is 2. The third-order valence-electron chi connectivity index (χ3n) is 3.04. The minimum atomic E-state index is -1.05. The van der Waals surface area contributed by atoms with E-state index in [0.29, 0.717) is 39.6 Å². The number of hydrogen-bond donors (Lipinski definition) is 5. The fraction of sp³-hybridized carbons (Fsp3) is 0.800. The molecule has 0 aromatic carbocycles. The van der Waals surface area contributed by atoms with E-state index in [9.17, 15) is 14.4 Å². The maximum Gasteiger partial charge on any atom is 0.303 e. The van der Waals surface area contributed by atoms with Gasteiger partial charge in [-0.2, -0.15) is 0 Å². The predicted molar refractivity (Wildman–Crippen MR) is 92.4 cm³/mol. The molecule has 0 aromatic heterocycles. The third-order valence-corrected chi connectivity index (χ3v) is 3.04. The van der Waals surface area contributed by atoms with E-state index in [1.807, 2.05) is 0 Å². The highest BCUT2D eigenvalue weighted by atomic mass is 16.5. The van der Waals surface area contributed by atoms with Crippen molar-refractivity contribution in [1.29, 1.82) is 0 Å². The van der Waals surface area contributed by atoms with Crippen LogP contribution < -0.4 is 22.1 Å². The van der Waals surface area contributed by atoms with Crippen LogP contribution >= 0.6 is 0 Å². The van der Waals surface area contributed by atoms with E-state index in [0.717, 1.165) is 0 Å². The molecule has 7 N–H and O–H groups in total. The van der Waals surface area contributed by atoms with Crippen LogP contribution in [0.1, 0.15) is 12.8 Å². The zero-order chi connectivity index (χ0) is 19.6. The number of nitrogens with one attached hydrogen (secondary N) is 2. The molecule has 1 atom stereocenters. The molecule has 0 heterocycles. The topological polar surface area (TPSA) is 175 Å². The lowest BCUT2D eigenvalue weighted by Crippen LogP contribution is -2.49. The normalized spacial score (nSPS) is 11.8. The minimum absolute atomic E-state index is 0.0200. The zero-order valence-corrected chi connectivity index (χ0v) is 14.9. The Morgan fingerprint density at radius 3 is 2.04 bits per heavy atom. The zero-order valence-electron chi connectivity index (χ0n) is 14.9. The first-order valence-electron chi connectivity index (χ1n) is 8.43. The number of carboxylic acid groups (broad SMARTS) is 1. The summed E-state index contributed by atoms with van der Waals surface area (Å²) in [6.07, 6.45) is -0.264. The molecule has 0 saturated heterocycles. The number of aliphatic carboxylic acids is 1. The standard InChI is InChI=1S/C15H30N4O7/c16-3-5-24-7-9-26-10-8-25-6-4-18-15(23)12(1-2-14(21)22)19-13(20)11-17/h12H,1-11,16-17H2,(H,18,23)(H,19,20)(H,21,22). The maximum atomic E-state index is 12.0. The van der Waals surface area contributed by atoms with Crippen molar-refractivity contribution >= 4 is 17.8 Å². The highest BCUT2D eigenvalue weighted by molar-refractivity contribution is 5.88. The molecule has 0 bridgehead atoms. The average Bonchev–Trinajstić information content (AvgIpc) is 2.62. The molecule has 0 aliphatic carbocycles. The van der Waals surface area contributed by atoms with E-state index in [1.165, 1.54) is 0 Å². The Balaban J connectivity index is 3.80. The molecule has 0 fully saturated rings. The van der Waals surface area contributed by atoms with E-state index >= 15 is 0 Å². The molecule has 1 unspecified atom stereocenters. The van der Waals surface area contributed by atoms with E-state index in [2.05, 4.69) is 10.6 Å². The summed E-state index contributed by atoms with van der Waals surface area (Å²) >= 11 is 0. The van der Waals surface area contributed by atoms with Gasteiger partial charge in [-0.05, 0) is 6.42 Å². The lowest BCUT2D eigenvalue weighted by Gasteiger charge is -2.17. The number of carboxylic acids is 1. The van der Waals surface area contributed by atoms with E-state index in [-0.39, 0.29) is 32.5 Å². The van der Waals surface area contributed by atoms with E-state index < -0.39 is 23.8 Å². The number of rotatable bonds is 17. The van der Waals surface area contributed by atoms with Crippen LogP contribution in [0.2, 0.25) is 0 Å². The molecule has 0 radical (unpaired) electrons. The molecule has 2 amide bonds. The Morgan fingerprint density at radius 1 is 0.923 bits per heavy atom. The number of carbonyl (C=O) groups is 3. The van der Waals surface area contributed by atoms with E-state index in [4.69, 9.17) is 30.8 Å². The highest BCUT2D eigenvalue weighted by Gasteiger charge is 2.20. The van der Waals surface area contributed by atoms with Gasteiger partial charge in [0.15, 0.2) is 0 Å². The summed E-state index contributed by atoms with van der Waals surface area (Å²) in [6.45, 7) is 2.85. The average molecular weight is 378 g/mol. The van der Waals surface area contributed by atoms with E-state index in [1.54, 1.807) is 0 Å². The van der Waals surface area contributed by atoms with Gasteiger partial charge in [-0.15, -0.1) is 0 Å². The fourth-order valence-electron chi connectivity index (χ4n) is 1.78. The van der Waals surface area contributed by atoms with Crippen LogP contribution in [0, 0.1) is 0 Å². The Kier molecular flexibility index (Phi) is 15.5. The van der Waals surface area contributed by atoms with Gasteiger partial charge in [0.05, 0.1) is 46.2 Å². The van der Waals surface area contributed by atoms with Crippen LogP contribution in [-0.4, -0.2) is 88.2 Å². The summed E-state index contributed by atoms with van der Waals surface area (Å²) in [5.41, 5.74) is 10.5. The van der Waals surface area contributed by atoms with Gasteiger partial charge >= 0.3 is 5.97 Å². The summed E-state index contributed by atoms with van der Waals surface area (Å²) in [5.74, 6) is -2.06. The number of hydrogen-bond acceptors (Lipinski definition) is 8. The largest absolute Gasteiger partial charge is 0.481 e. The van der Waals surface area contributed by atoms with Crippen LogP contribution in [0.4, 0.5) is 0 Å². The van der Waals surface area contributed by atoms with Gasteiger partial charge in [0.2, 0.25) is 11.8 Å². The molecule has 152 valence electrons. The fourth-order valence-corrected chi connectivity index (χ4v) is 1.78. The number of ether oxygens (including phenoxy) is 3. The Labute approximate surface area is 152 Å².